The predicted octanol–water partition coefficient (Wildman–Crippen LogP) is 4.63. The van der Waals surface area contributed by atoms with Gasteiger partial charge in [-0.1, -0.05) is 41.9 Å². The summed E-state index contributed by atoms with van der Waals surface area (Å²) in [4.78, 5) is 12.7. The van der Waals surface area contributed by atoms with Gasteiger partial charge in [0, 0.05) is 8.59 Å². The van der Waals surface area contributed by atoms with Gasteiger partial charge in [-0.25, -0.2) is 4.79 Å². The molecule has 0 aliphatic rings. The first kappa shape index (κ1) is 14.1. The maximum atomic E-state index is 11.4. The van der Waals surface area contributed by atoms with Crippen molar-refractivity contribution in [2.75, 3.05) is 4.90 Å². The Hall–Kier alpha value is -1.27. The highest BCUT2D eigenvalue weighted by atomic mass is 127. The van der Waals surface area contributed by atoms with Crippen molar-refractivity contribution in [3.8, 4) is 0 Å². The van der Waals surface area contributed by atoms with Crippen molar-refractivity contribution in [1.29, 1.82) is 0 Å². The first-order valence-corrected chi connectivity index (χ1v) is 7.03. The zero-order valence-corrected chi connectivity index (χ0v) is 12.8. The average molecular weight is 388 g/mol. The van der Waals surface area contributed by atoms with Gasteiger partial charge in [-0.3, -0.25) is 4.90 Å². The molecule has 3 nitrogen and oxygen atoms in total. The summed E-state index contributed by atoms with van der Waals surface area (Å²) in [6.45, 7) is 0.313. The first-order valence-electron chi connectivity index (χ1n) is 5.57. The lowest BCUT2D eigenvalue weighted by atomic mass is 10.2. The molecule has 1 N–H and O–H groups in total. The molecule has 0 unspecified atom stereocenters. The summed E-state index contributed by atoms with van der Waals surface area (Å²) in [5.41, 5.74) is 1.58. The number of hydrogen-bond donors (Lipinski definition) is 1. The highest BCUT2D eigenvalue weighted by molar-refractivity contribution is 14.1. The summed E-state index contributed by atoms with van der Waals surface area (Å²) in [6, 6.07) is 14.7. The number of benzene rings is 2. The number of rotatable bonds is 3. The minimum atomic E-state index is -0.982. The van der Waals surface area contributed by atoms with Crippen LogP contribution in [0.1, 0.15) is 5.56 Å². The summed E-state index contributed by atoms with van der Waals surface area (Å²) in [7, 11) is 0. The molecule has 0 aliphatic carbocycles. The highest BCUT2D eigenvalue weighted by Gasteiger charge is 2.17. The molecule has 19 heavy (non-hydrogen) atoms. The lowest BCUT2D eigenvalue weighted by Crippen LogP contribution is -2.29. The van der Waals surface area contributed by atoms with Crippen molar-refractivity contribution < 1.29 is 9.90 Å². The van der Waals surface area contributed by atoms with E-state index in [0.717, 1.165) is 9.13 Å². The number of nitrogens with zero attached hydrogens (tertiary/aromatic N) is 1. The van der Waals surface area contributed by atoms with E-state index in [9.17, 15) is 9.90 Å². The van der Waals surface area contributed by atoms with E-state index < -0.39 is 6.09 Å². The molecule has 2 aromatic carbocycles. The fourth-order valence-electron chi connectivity index (χ4n) is 1.72. The lowest BCUT2D eigenvalue weighted by Gasteiger charge is -2.21. The molecule has 2 rings (SSSR count). The minimum absolute atomic E-state index is 0.313. The topological polar surface area (TPSA) is 40.5 Å². The number of carboxylic acid groups (broad SMARTS) is 1. The summed E-state index contributed by atoms with van der Waals surface area (Å²) in [6.07, 6.45) is -0.982. The van der Waals surface area contributed by atoms with E-state index in [1.807, 2.05) is 30.3 Å². The minimum Gasteiger partial charge on any atom is -0.465 e. The molecule has 0 atom stereocenters. The van der Waals surface area contributed by atoms with Gasteiger partial charge < -0.3 is 5.11 Å². The number of carbonyl (C=O) groups is 1. The van der Waals surface area contributed by atoms with Gasteiger partial charge >= 0.3 is 6.09 Å². The Morgan fingerprint density at radius 3 is 2.47 bits per heavy atom. The van der Waals surface area contributed by atoms with E-state index in [1.165, 1.54) is 4.90 Å². The SMILES string of the molecule is O=C(O)N(Cc1ccccc1)c1ccc(Cl)cc1I. The largest absolute Gasteiger partial charge is 0.465 e. The second-order valence-corrected chi connectivity index (χ2v) is 5.55. The monoisotopic (exact) mass is 387 g/mol. The lowest BCUT2D eigenvalue weighted by molar-refractivity contribution is 0.201. The summed E-state index contributed by atoms with van der Waals surface area (Å²) in [5.74, 6) is 0. The van der Waals surface area contributed by atoms with Gasteiger partial charge in [-0.05, 0) is 46.4 Å². The van der Waals surface area contributed by atoms with Gasteiger partial charge in [0.25, 0.3) is 0 Å². The van der Waals surface area contributed by atoms with Gasteiger partial charge in [-0.2, -0.15) is 0 Å². The van der Waals surface area contributed by atoms with Crippen LogP contribution in [0.25, 0.3) is 0 Å². The zero-order valence-electron chi connectivity index (χ0n) is 9.88. The Morgan fingerprint density at radius 1 is 1.21 bits per heavy atom. The number of amides is 1. The van der Waals surface area contributed by atoms with Crippen molar-refractivity contribution >= 4 is 46.0 Å². The molecule has 0 saturated carbocycles. The maximum absolute atomic E-state index is 11.4. The van der Waals surface area contributed by atoms with Crippen LogP contribution in [-0.4, -0.2) is 11.2 Å². The number of anilines is 1. The summed E-state index contributed by atoms with van der Waals surface area (Å²) >= 11 is 7.98. The normalized spacial score (nSPS) is 10.2. The molecular weight excluding hydrogens is 377 g/mol. The predicted molar refractivity (Wildman–Crippen MR) is 84.8 cm³/mol. The standard InChI is InChI=1S/C14H11ClINO2/c15-11-6-7-13(12(16)8-11)17(14(18)19)9-10-4-2-1-3-5-10/h1-8H,9H2,(H,18,19). The third-order valence-corrected chi connectivity index (χ3v) is 3.71. The second-order valence-electron chi connectivity index (χ2n) is 3.95. The molecule has 0 spiro atoms. The molecule has 2 aromatic rings. The third-order valence-electron chi connectivity index (χ3n) is 2.61. The molecular formula is C14H11ClINO2. The van der Waals surface area contributed by atoms with Crippen LogP contribution in [0.4, 0.5) is 10.5 Å². The molecule has 98 valence electrons. The molecule has 0 fully saturated rings. The van der Waals surface area contributed by atoms with E-state index in [0.29, 0.717) is 17.3 Å². The highest BCUT2D eigenvalue weighted by Crippen LogP contribution is 2.27. The van der Waals surface area contributed by atoms with Gasteiger partial charge in [0.1, 0.15) is 0 Å². The molecule has 0 bridgehead atoms. The van der Waals surface area contributed by atoms with Crippen LogP contribution in [0, 0.1) is 3.57 Å². The Balaban J connectivity index is 2.33. The molecule has 0 aliphatic heterocycles. The van der Waals surface area contributed by atoms with Gasteiger partial charge in [0.2, 0.25) is 0 Å². The third kappa shape index (κ3) is 3.61. The Labute approximate surface area is 129 Å². The molecule has 5 heteroatoms. The second kappa shape index (κ2) is 6.25. The van der Waals surface area contributed by atoms with Crippen molar-refractivity contribution in [2.45, 2.75) is 6.54 Å². The molecule has 0 radical (unpaired) electrons. The Morgan fingerprint density at radius 2 is 1.89 bits per heavy atom. The number of halogens is 2. The Bertz CT molecular complexity index is 589. The van der Waals surface area contributed by atoms with E-state index in [4.69, 9.17) is 11.6 Å². The Kier molecular flexibility index (Phi) is 4.66. The molecule has 0 heterocycles. The first-order chi connectivity index (χ1) is 9.08. The van der Waals surface area contributed by atoms with Crippen LogP contribution >= 0.6 is 34.2 Å². The average Bonchev–Trinajstić information content (AvgIpc) is 2.38. The summed E-state index contributed by atoms with van der Waals surface area (Å²) in [5, 5.41) is 9.97. The summed E-state index contributed by atoms with van der Waals surface area (Å²) < 4.78 is 0.809. The van der Waals surface area contributed by atoms with E-state index in [2.05, 4.69) is 22.6 Å². The zero-order chi connectivity index (χ0) is 13.8. The fourth-order valence-corrected chi connectivity index (χ4v) is 2.88. The van der Waals surface area contributed by atoms with Crippen molar-refractivity contribution in [3.05, 3.63) is 62.7 Å². The van der Waals surface area contributed by atoms with Gasteiger partial charge in [-0.15, -0.1) is 0 Å². The molecule has 0 aromatic heterocycles. The van der Waals surface area contributed by atoms with Crippen LogP contribution in [0.5, 0.6) is 0 Å². The van der Waals surface area contributed by atoms with Crippen LogP contribution in [0.3, 0.4) is 0 Å². The van der Waals surface area contributed by atoms with Crippen molar-refractivity contribution in [3.63, 3.8) is 0 Å². The van der Waals surface area contributed by atoms with Crippen LogP contribution in [0.2, 0.25) is 5.02 Å². The maximum Gasteiger partial charge on any atom is 0.412 e. The van der Waals surface area contributed by atoms with Crippen LogP contribution < -0.4 is 4.90 Å². The smallest absolute Gasteiger partial charge is 0.412 e. The fraction of sp³-hybridized carbons (Fsp3) is 0.0714. The van der Waals surface area contributed by atoms with E-state index in [1.54, 1.807) is 18.2 Å². The molecule has 0 saturated heterocycles. The molecule has 1 amide bonds. The quantitative estimate of drug-likeness (QED) is 0.780. The van der Waals surface area contributed by atoms with Gasteiger partial charge in [0.15, 0.2) is 0 Å². The van der Waals surface area contributed by atoms with Crippen LogP contribution in [0.15, 0.2) is 48.5 Å². The van der Waals surface area contributed by atoms with Crippen LogP contribution in [-0.2, 0) is 6.54 Å². The van der Waals surface area contributed by atoms with Crippen molar-refractivity contribution in [2.24, 2.45) is 0 Å². The van der Waals surface area contributed by atoms with E-state index in [-0.39, 0.29) is 0 Å². The number of hydrogen-bond acceptors (Lipinski definition) is 1. The van der Waals surface area contributed by atoms with Crippen molar-refractivity contribution in [1.82, 2.24) is 0 Å². The van der Waals surface area contributed by atoms with Gasteiger partial charge in [0.05, 0.1) is 12.2 Å². The van der Waals surface area contributed by atoms with E-state index >= 15 is 0 Å².